The quantitative estimate of drug-likeness (QED) is 0.132. The van der Waals surface area contributed by atoms with Crippen LogP contribution in [-0.2, 0) is 25.8 Å². The van der Waals surface area contributed by atoms with E-state index in [4.69, 9.17) is 18.9 Å². The van der Waals surface area contributed by atoms with Crippen molar-refractivity contribution in [3.05, 3.63) is 117 Å². The van der Waals surface area contributed by atoms with Crippen molar-refractivity contribution in [1.29, 1.82) is 0 Å². The lowest BCUT2D eigenvalue weighted by atomic mass is 9.41. The molecule has 9 rings (SSSR count). The summed E-state index contributed by atoms with van der Waals surface area (Å²) in [6, 6.07) is 25.9. The van der Waals surface area contributed by atoms with E-state index in [1.807, 2.05) is 24.3 Å². The average Bonchev–Trinajstić information content (AvgIpc) is 3.16. The highest BCUT2D eigenvalue weighted by atomic mass is 16.5. The van der Waals surface area contributed by atoms with Crippen molar-refractivity contribution in [3.8, 4) is 23.0 Å². The topological polar surface area (TPSA) is 71.1 Å². The number of hydrogen-bond acceptors (Lipinski definition) is 6. The zero-order chi connectivity index (χ0) is 39.8. The van der Waals surface area contributed by atoms with E-state index in [2.05, 4.69) is 76.2 Å². The van der Waals surface area contributed by atoms with Gasteiger partial charge in [-0.3, -0.25) is 9.59 Å². The second kappa shape index (κ2) is 15.8. The normalized spacial score (nSPS) is 24.4. The molecule has 0 radical (unpaired) electrons. The van der Waals surface area contributed by atoms with Gasteiger partial charge in [0.15, 0.2) is 0 Å². The van der Waals surface area contributed by atoms with E-state index in [1.165, 1.54) is 105 Å². The fourth-order valence-corrected chi connectivity index (χ4v) is 11.9. The second-order valence-electron chi connectivity index (χ2n) is 17.7. The maximum absolute atomic E-state index is 11.6. The van der Waals surface area contributed by atoms with Crippen molar-refractivity contribution in [2.45, 2.75) is 128 Å². The fraction of sp³-hybridized carbons (Fsp3) is 0.480. The van der Waals surface area contributed by atoms with Gasteiger partial charge in [0.25, 0.3) is 0 Å². The number of ether oxygens (including phenoxy) is 4. The van der Waals surface area contributed by atoms with Gasteiger partial charge in [-0.1, -0.05) is 67.8 Å². The minimum atomic E-state index is -0.287. The number of rotatable bonds is 8. The Labute approximate surface area is 334 Å². The van der Waals surface area contributed by atoms with Gasteiger partial charge in [-0.2, -0.15) is 0 Å². The standard InChI is InChI=1S/C29H36O3.C21H24O3/c1-17-7-24(8-18(2)26(17)31-6)28-12-22-11-23(13-28)15-29(14-22,16-28)25-9-19(3)27(20(4)10-25)32-21(5)30;1-16(22)24-20-12-8-18(9-13-20)21(14-4-3-5-15-21)17-6-10-19(23-2)11-7-17/h7-10,22-23H,11-16H2,1-6H3;6-13H,3-5,14-15H2,1-2H3. The monoisotopic (exact) mass is 756 g/mol. The minimum absolute atomic E-state index is 0.0409. The van der Waals surface area contributed by atoms with Gasteiger partial charge in [-0.15, -0.1) is 0 Å². The summed E-state index contributed by atoms with van der Waals surface area (Å²) in [4.78, 5) is 22.7. The maximum atomic E-state index is 11.6. The van der Waals surface area contributed by atoms with Crippen LogP contribution < -0.4 is 18.9 Å². The Kier molecular flexibility index (Phi) is 11.2. The van der Waals surface area contributed by atoms with Gasteiger partial charge in [0, 0.05) is 19.3 Å². The first-order valence-electron chi connectivity index (χ1n) is 20.7. The molecule has 5 fully saturated rings. The number of benzene rings is 4. The van der Waals surface area contributed by atoms with Crippen LogP contribution >= 0.6 is 0 Å². The van der Waals surface area contributed by atoms with Gasteiger partial charge in [0.05, 0.1) is 14.2 Å². The number of methoxy groups -OCH3 is 2. The van der Waals surface area contributed by atoms with E-state index < -0.39 is 0 Å². The molecule has 0 heterocycles. The number of esters is 2. The zero-order valence-electron chi connectivity index (χ0n) is 34.8. The molecule has 5 saturated carbocycles. The molecule has 0 aliphatic heterocycles. The third kappa shape index (κ3) is 7.61. The van der Waals surface area contributed by atoms with E-state index in [0.29, 0.717) is 5.75 Å². The lowest BCUT2D eigenvalue weighted by Crippen LogP contribution is -2.56. The summed E-state index contributed by atoms with van der Waals surface area (Å²) in [7, 11) is 3.47. The third-order valence-electron chi connectivity index (χ3n) is 13.7. The van der Waals surface area contributed by atoms with Crippen LogP contribution in [0.25, 0.3) is 0 Å². The van der Waals surface area contributed by atoms with Gasteiger partial charge in [0.2, 0.25) is 0 Å². The zero-order valence-corrected chi connectivity index (χ0v) is 34.8. The molecule has 6 nitrogen and oxygen atoms in total. The average molecular weight is 757 g/mol. The molecule has 5 aliphatic rings. The van der Waals surface area contributed by atoms with Crippen LogP contribution in [0.3, 0.4) is 0 Å². The Morgan fingerprint density at radius 1 is 0.536 bits per heavy atom. The molecule has 5 aliphatic carbocycles. The van der Waals surface area contributed by atoms with Crippen molar-refractivity contribution in [3.63, 3.8) is 0 Å². The van der Waals surface area contributed by atoms with Crippen molar-refractivity contribution in [2.75, 3.05) is 14.2 Å². The van der Waals surface area contributed by atoms with Crippen molar-refractivity contribution in [1.82, 2.24) is 0 Å². The molecule has 6 heteroatoms. The number of hydrogen-bond donors (Lipinski definition) is 0. The molecular formula is C50H60O6. The van der Waals surface area contributed by atoms with E-state index in [-0.39, 0.29) is 28.2 Å². The summed E-state index contributed by atoms with van der Waals surface area (Å²) in [5.74, 6) is 4.32. The Hall–Kier alpha value is -4.58. The van der Waals surface area contributed by atoms with Crippen LogP contribution in [-0.4, -0.2) is 26.2 Å². The molecule has 0 spiro atoms. The number of carbonyl (C=O) groups is 2. The highest BCUT2D eigenvalue weighted by molar-refractivity contribution is 5.71. The fourth-order valence-electron chi connectivity index (χ4n) is 11.9. The molecule has 4 aromatic rings. The van der Waals surface area contributed by atoms with Gasteiger partial charge in [-0.05, 0) is 171 Å². The molecule has 0 aromatic heterocycles. The van der Waals surface area contributed by atoms with Gasteiger partial charge < -0.3 is 18.9 Å². The summed E-state index contributed by atoms with van der Waals surface area (Å²) in [5, 5.41) is 0. The molecule has 0 N–H and O–H groups in total. The predicted octanol–water partition coefficient (Wildman–Crippen LogP) is 11.5. The van der Waals surface area contributed by atoms with Gasteiger partial charge in [0.1, 0.15) is 23.0 Å². The predicted molar refractivity (Wildman–Crippen MR) is 222 cm³/mol. The van der Waals surface area contributed by atoms with E-state index in [9.17, 15) is 9.59 Å². The number of carbonyl (C=O) groups excluding carboxylic acids is 2. The van der Waals surface area contributed by atoms with E-state index >= 15 is 0 Å². The summed E-state index contributed by atoms with van der Waals surface area (Å²) in [5.41, 5.74) is 10.8. The lowest BCUT2D eigenvalue weighted by Gasteiger charge is -2.63. The first-order chi connectivity index (χ1) is 26.8. The summed E-state index contributed by atoms with van der Waals surface area (Å²) < 4.78 is 21.7. The third-order valence-corrected chi connectivity index (χ3v) is 13.7. The first kappa shape index (κ1) is 39.6. The summed E-state index contributed by atoms with van der Waals surface area (Å²) >= 11 is 0. The van der Waals surface area contributed by atoms with Crippen LogP contribution in [0, 0.1) is 39.5 Å². The van der Waals surface area contributed by atoms with Crippen molar-refractivity contribution < 1.29 is 28.5 Å². The molecule has 2 atom stereocenters. The largest absolute Gasteiger partial charge is 0.497 e. The molecular weight excluding hydrogens is 697 g/mol. The molecule has 56 heavy (non-hydrogen) atoms. The molecule has 4 bridgehead atoms. The lowest BCUT2D eigenvalue weighted by molar-refractivity contribution is -0.132. The maximum Gasteiger partial charge on any atom is 0.308 e. The first-order valence-corrected chi connectivity index (χ1v) is 20.7. The Morgan fingerprint density at radius 2 is 0.964 bits per heavy atom. The molecule has 0 saturated heterocycles. The molecule has 0 amide bonds. The Morgan fingerprint density at radius 3 is 1.38 bits per heavy atom. The number of aryl methyl sites for hydroxylation is 4. The molecule has 296 valence electrons. The van der Waals surface area contributed by atoms with Gasteiger partial charge in [-0.25, -0.2) is 0 Å². The minimum Gasteiger partial charge on any atom is -0.497 e. The van der Waals surface area contributed by atoms with Crippen LogP contribution in [0.15, 0.2) is 72.8 Å². The van der Waals surface area contributed by atoms with Crippen LogP contribution in [0.4, 0.5) is 0 Å². The van der Waals surface area contributed by atoms with Crippen molar-refractivity contribution >= 4 is 11.9 Å². The summed E-state index contributed by atoms with van der Waals surface area (Å²) in [6.07, 6.45) is 13.9. The van der Waals surface area contributed by atoms with E-state index in [0.717, 1.165) is 53.1 Å². The highest BCUT2D eigenvalue weighted by Gasteiger charge is 2.58. The van der Waals surface area contributed by atoms with Crippen LogP contribution in [0.5, 0.6) is 23.0 Å². The molecule has 4 aromatic carbocycles. The molecule has 2 unspecified atom stereocenters. The SMILES string of the molecule is COc1c(C)cc(C23CC4CC(C2)CC(c2cc(C)c(OC(C)=O)c(C)c2)(C4)C3)cc1C.COc1ccc(C2(c3ccc(OC(C)=O)cc3)CCCCC2)cc1. The smallest absolute Gasteiger partial charge is 0.308 e. The Balaban J connectivity index is 0.000000179. The summed E-state index contributed by atoms with van der Waals surface area (Å²) in [6.45, 7) is 11.4. The Bertz CT molecular complexity index is 2010. The van der Waals surface area contributed by atoms with Gasteiger partial charge >= 0.3 is 11.9 Å². The highest BCUT2D eigenvalue weighted by Crippen LogP contribution is 2.66. The van der Waals surface area contributed by atoms with Crippen LogP contribution in [0.1, 0.15) is 129 Å². The van der Waals surface area contributed by atoms with E-state index in [1.54, 1.807) is 14.2 Å². The second-order valence-corrected chi connectivity index (χ2v) is 17.7. The van der Waals surface area contributed by atoms with Crippen molar-refractivity contribution in [2.24, 2.45) is 11.8 Å². The van der Waals surface area contributed by atoms with Crippen LogP contribution in [0.2, 0.25) is 0 Å².